The number of nitrogens with zero attached hydrogens (tertiary/aromatic N) is 3. The van der Waals surface area contributed by atoms with Crippen LogP contribution in [0.1, 0.15) is 23.2 Å². The Balaban J connectivity index is 1.52. The normalized spacial score (nSPS) is 16.2. The Morgan fingerprint density at radius 3 is 3.17 bits per heavy atom. The van der Waals surface area contributed by atoms with Crippen molar-refractivity contribution in [2.45, 2.75) is 25.4 Å². The largest absolute Gasteiger partial charge is 0.393 e. The van der Waals surface area contributed by atoms with Gasteiger partial charge in [0.05, 0.1) is 12.7 Å². The predicted octanol–water partition coefficient (Wildman–Crippen LogP) is 1.24. The number of aromatic nitrogens is 3. The Labute approximate surface area is 141 Å². The van der Waals surface area contributed by atoms with Gasteiger partial charge in [-0.15, -0.1) is 11.3 Å². The van der Waals surface area contributed by atoms with E-state index in [1.165, 1.54) is 10.8 Å². The molecule has 3 aromatic rings. The fourth-order valence-corrected chi connectivity index (χ4v) is 3.96. The molecule has 0 saturated heterocycles. The molecular weight excluding hydrogens is 326 g/mol. The van der Waals surface area contributed by atoms with Gasteiger partial charge in [-0.25, -0.2) is 4.98 Å². The number of rotatable bonds is 3. The SMILES string of the molecule is Nc1cnc2n(c1=O)[C@H](C(=O)NCc1cc3cnccc3s1)CC2. The number of thiophene rings is 1. The lowest BCUT2D eigenvalue weighted by atomic mass is 10.2. The second-order valence-electron chi connectivity index (χ2n) is 5.70. The number of carbonyl (C=O) groups excluding carboxylic acids is 1. The molecule has 1 aliphatic heterocycles. The van der Waals surface area contributed by atoms with E-state index in [-0.39, 0.29) is 17.2 Å². The molecule has 0 fully saturated rings. The summed E-state index contributed by atoms with van der Waals surface area (Å²) in [5.41, 5.74) is 5.35. The van der Waals surface area contributed by atoms with Crippen LogP contribution in [0.4, 0.5) is 5.69 Å². The first-order valence-electron chi connectivity index (χ1n) is 7.59. The van der Waals surface area contributed by atoms with Gasteiger partial charge in [0.2, 0.25) is 5.91 Å². The van der Waals surface area contributed by atoms with Crippen LogP contribution in [0, 0.1) is 0 Å². The molecule has 4 heterocycles. The lowest BCUT2D eigenvalue weighted by Crippen LogP contribution is -2.36. The number of hydrogen-bond donors (Lipinski definition) is 2. The van der Waals surface area contributed by atoms with E-state index in [9.17, 15) is 9.59 Å². The Morgan fingerprint density at radius 2 is 2.33 bits per heavy atom. The molecule has 0 aliphatic carbocycles. The number of pyridine rings is 1. The first-order valence-corrected chi connectivity index (χ1v) is 8.41. The van der Waals surface area contributed by atoms with Gasteiger partial charge in [-0.05, 0) is 18.6 Å². The van der Waals surface area contributed by atoms with E-state index in [2.05, 4.69) is 15.3 Å². The van der Waals surface area contributed by atoms with Crippen LogP contribution in [0.2, 0.25) is 0 Å². The van der Waals surface area contributed by atoms with Crippen LogP contribution < -0.4 is 16.6 Å². The molecule has 1 amide bonds. The number of aryl methyl sites for hydroxylation is 1. The van der Waals surface area contributed by atoms with Gasteiger partial charge in [-0.3, -0.25) is 19.1 Å². The van der Waals surface area contributed by atoms with Crippen molar-refractivity contribution in [3.63, 3.8) is 0 Å². The van der Waals surface area contributed by atoms with E-state index < -0.39 is 6.04 Å². The zero-order valence-electron chi connectivity index (χ0n) is 12.7. The van der Waals surface area contributed by atoms with Crippen LogP contribution in [0.25, 0.3) is 10.1 Å². The summed E-state index contributed by atoms with van der Waals surface area (Å²) in [6.07, 6.45) is 6.08. The Hall–Kier alpha value is -2.74. The molecule has 0 spiro atoms. The minimum Gasteiger partial charge on any atom is -0.393 e. The summed E-state index contributed by atoms with van der Waals surface area (Å²) < 4.78 is 2.55. The molecule has 0 bridgehead atoms. The second-order valence-corrected chi connectivity index (χ2v) is 6.87. The van der Waals surface area contributed by atoms with Crippen molar-refractivity contribution in [1.29, 1.82) is 0 Å². The molecule has 8 heteroatoms. The Morgan fingerprint density at radius 1 is 1.46 bits per heavy atom. The Kier molecular flexibility index (Phi) is 3.53. The quantitative estimate of drug-likeness (QED) is 0.746. The van der Waals surface area contributed by atoms with Gasteiger partial charge in [-0.2, -0.15) is 0 Å². The summed E-state index contributed by atoms with van der Waals surface area (Å²) in [7, 11) is 0. The summed E-state index contributed by atoms with van der Waals surface area (Å²) in [5, 5.41) is 3.97. The summed E-state index contributed by atoms with van der Waals surface area (Å²) in [6, 6.07) is 3.42. The van der Waals surface area contributed by atoms with Crippen molar-refractivity contribution >= 4 is 33.0 Å². The summed E-state index contributed by atoms with van der Waals surface area (Å²) in [5.74, 6) is 0.432. The first-order chi connectivity index (χ1) is 11.6. The van der Waals surface area contributed by atoms with E-state index in [1.54, 1.807) is 23.7 Å². The number of amides is 1. The molecule has 4 rings (SSSR count). The van der Waals surface area contributed by atoms with E-state index in [0.29, 0.717) is 25.2 Å². The topological polar surface area (TPSA) is 103 Å². The maximum atomic E-state index is 12.5. The van der Waals surface area contributed by atoms with Crippen LogP contribution >= 0.6 is 11.3 Å². The van der Waals surface area contributed by atoms with Gasteiger partial charge < -0.3 is 11.1 Å². The third kappa shape index (κ3) is 2.44. The standard InChI is InChI=1S/C16H15N5O2S/c17-11-8-19-14-2-1-12(21(14)16(11)23)15(22)20-7-10-5-9-6-18-4-3-13(9)24-10/h3-6,8,12H,1-2,7,17H2,(H,20,22)/t12-/m0/s1. The van der Waals surface area contributed by atoms with Crippen molar-refractivity contribution in [2.75, 3.05) is 5.73 Å². The third-order valence-electron chi connectivity index (χ3n) is 4.16. The number of hydrogen-bond acceptors (Lipinski definition) is 6. The van der Waals surface area contributed by atoms with Crippen molar-refractivity contribution in [2.24, 2.45) is 0 Å². The predicted molar refractivity (Wildman–Crippen MR) is 91.7 cm³/mol. The zero-order valence-corrected chi connectivity index (χ0v) is 13.5. The highest BCUT2D eigenvalue weighted by Crippen LogP contribution is 2.25. The number of carbonyl (C=O) groups is 1. The summed E-state index contributed by atoms with van der Waals surface area (Å²) in [6.45, 7) is 0.425. The van der Waals surface area contributed by atoms with Gasteiger partial charge in [0.1, 0.15) is 17.6 Å². The maximum absolute atomic E-state index is 12.5. The molecule has 0 aromatic carbocycles. The smallest absolute Gasteiger partial charge is 0.277 e. The third-order valence-corrected chi connectivity index (χ3v) is 5.27. The minimum atomic E-state index is -0.542. The van der Waals surface area contributed by atoms with Crippen LogP contribution in [0.3, 0.4) is 0 Å². The minimum absolute atomic E-state index is 0.0652. The molecule has 122 valence electrons. The number of fused-ring (bicyclic) bond motifs is 2. The number of nitrogens with one attached hydrogen (secondary N) is 1. The fourth-order valence-electron chi connectivity index (χ4n) is 2.99. The molecular formula is C16H15N5O2S. The lowest BCUT2D eigenvalue weighted by Gasteiger charge is -2.14. The highest BCUT2D eigenvalue weighted by molar-refractivity contribution is 7.19. The highest BCUT2D eigenvalue weighted by Gasteiger charge is 2.30. The summed E-state index contributed by atoms with van der Waals surface area (Å²) in [4.78, 5) is 34.0. The molecule has 0 radical (unpaired) electrons. The Bertz CT molecular complexity index is 961. The van der Waals surface area contributed by atoms with Crippen LogP contribution in [-0.2, 0) is 17.8 Å². The van der Waals surface area contributed by atoms with E-state index in [4.69, 9.17) is 5.73 Å². The van der Waals surface area contributed by atoms with E-state index in [0.717, 1.165) is 15.0 Å². The van der Waals surface area contributed by atoms with Crippen molar-refractivity contribution in [1.82, 2.24) is 19.9 Å². The van der Waals surface area contributed by atoms with Gasteiger partial charge in [0.15, 0.2) is 0 Å². The average Bonchev–Trinajstić information content (AvgIpc) is 3.20. The van der Waals surface area contributed by atoms with Crippen LogP contribution in [0.15, 0.2) is 35.5 Å². The first kappa shape index (κ1) is 14.8. The number of anilines is 1. The molecule has 0 unspecified atom stereocenters. The summed E-state index contributed by atoms with van der Waals surface area (Å²) >= 11 is 1.62. The van der Waals surface area contributed by atoms with Crippen LogP contribution in [0.5, 0.6) is 0 Å². The van der Waals surface area contributed by atoms with E-state index in [1.807, 2.05) is 12.1 Å². The number of nitrogen functional groups attached to an aromatic ring is 1. The van der Waals surface area contributed by atoms with Gasteiger partial charge in [-0.1, -0.05) is 0 Å². The fraction of sp³-hybridized carbons (Fsp3) is 0.250. The van der Waals surface area contributed by atoms with Gasteiger partial charge >= 0.3 is 0 Å². The molecule has 7 nitrogen and oxygen atoms in total. The molecule has 1 aliphatic rings. The van der Waals surface area contributed by atoms with Crippen molar-refractivity contribution < 1.29 is 4.79 Å². The molecule has 3 N–H and O–H groups in total. The molecule has 24 heavy (non-hydrogen) atoms. The molecule has 3 aromatic heterocycles. The second kappa shape index (κ2) is 5.72. The van der Waals surface area contributed by atoms with E-state index >= 15 is 0 Å². The van der Waals surface area contributed by atoms with Crippen LogP contribution in [-0.4, -0.2) is 20.4 Å². The average molecular weight is 341 g/mol. The highest BCUT2D eigenvalue weighted by atomic mass is 32.1. The van der Waals surface area contributed by atoms with Crippen molar-refractivity contribution in [3.05, 3.63) is 51.8 Å². The van der Waals surface area contributed by atoms with Gasteiger partial charge in [0, 0.05) is 33.8 Å². The zero-order chi connectivity index (χ0) is 16.7. The van der Waals surface area contributed by atoms with Gasteiger partial charge in [0.25, 0.3) is 5.56 Å². The molecule has 0 saturated carbocycles. The monoisotopic (exact) mass is 341 g/mol. The molecule has 1 atom stereocenters. The van der Waals surface area contributed by atoms with Crippen molar-refractivity contribution in [3.8, 4) is 0 Å². The lowest BCUT2D eigenvalue weighted by molar-refractivity contribution is -0.124. The number of nitrogens with two attached hydrogens (primary N) is 1. The maximum Gasteiger partial charge on any atom is 0.277 e.